The highest BCUT2D eigenvalue weighted by atomic mass is 35.5. The van der Waals surface area contributed by atoms with Gasteiger partial charge in [-0.2, -0.15) is 9.29 Å². The van der Waals surface area contributed by atoms with Gasteiger partial charge in [-0.3, -0.25) is 4.98 Å². The number of ether oxygens (including phenoxy) is 1. The minimum absolute atomic E-state index is 0.0426. The summed E-state index contributed by atoms with van der Waals surface area (Å²) in [5, 5.41) is -0.228. The molecule has 1 unspecified atom stereocenters. The van der Waals surface area contributed by atoms with Gasteiger partial charge in [0.25, 0.3) is 0 Å². The fraction of sp³-hybridized carbons (Fsp3) is 0.375. The van der Waals surface area contributed by atoms with Crippen molar-refractivity contribution >= 4 is 27.4 Å². The van der Waals surface area contributed by atoms with Crippen LogP contribution in [0.15, 0.2) is 35.5 Å². The lowest BCUT2D eigenvalue weighted by Gasteiger charge is -2.18. The highest BCUT2D eigenvalue weighted by Crippen LogP contribution is 2.26. The Kier molecular flexibility index (Phi) is 5.31. The average molecular weight is 401 g/mol. The number of nitrogens with zero attached hydrogens (tertiary/aromatic N) is 4. The quantitative estimate of drug-likeness (QED) is 0.765. The Labute approximate surface area is 156 Å². The second-order valence-corrected chi connectivity index (χ2v) is 8.42. The molecule has 0 N–H and O–H groups in total. The van der Waals surface area contributed by atoms with Crippen LogP contribution in [-0.2, 0) is 10.0 Å². The number of sulfonamides is 1. The normalized spacial score (nSPS) is 18.1. The SMILES string of the molecule is CN(C)c1cncc(OC2CCN(S(=O)(=O)c3ccc(F)c(Cl)c3)C2)n1. The second-order valence-electron chi connectivity index (χ2n) is 6.08. The third-order valence-corrected chi connectivity index (χ3v) is 6.13. The van der Waals surface area contributed by atoms with Gasteiger partial charge in [-0.05, 0) is 24.6 Å². The van der Waals surface area contributed by atoms with Crippen LogP contribution in [0, 0.1) is 5.82 Å². The Bertz CT molecular complexity index is 910. The predicted octanol–water partition coefficient (Wildman–Crippen LogP) is 2.18. The Morgan fingerprint density at radius 2 is 2.12 bits per heavy atom. The molecule has 1 aromatic carbocycles. The van der Waals surface area contributed by atoms with Crippen LogP contribution in [-0.4, -0.2) is 56.0 Å². The Balaban J connectivity index is 1.71. The molecule has 2 aromatic rings. The summed E-state index contributed by atoms with van der Waals surface area (Å²) in [5.41, 5.74) is 0. The number of anilines is 1. The first kappa shape index (κ1) is 18.8. The number of benzene rings is 1. The van der Waals surface area contributed by atoms with Crippen molar-refractivity contribution in [2.75, 3.05) is 32.1 Å². The lowest BCUT2D eigenvalue weighted by atomic mass is 10.3. The fourth-order valence-electron chi connectivity index (χ4n) is 2.58. The zero-order chi connectivity index (χ0) is 18.9. The van der Waals surface area contributed by atoms with Gasteiger partial charge >= 0.3 is 0 Å². The molecule has 7 nitrogen and oxygen atoms in total. The largest absolute Gasteiger partial charge is 0.472 e. The van der Waals surface area contributed by atoms with E-state index in [-0.39, 0.29) is 22.6 Å². The van der Waals surface area contributed by atoms with Crippen molar-refractivity contribution in [3.63, 3.8) is 0 Å². The van der Waals surface area contributed by atoms with Crippen LogP contribution in [0.3, 0.4) is 0 Å². The third-order valence-electron chi connectivity index (χ3n) is 3.98. The van der Waals surface area contributed by atoms with Gasteiger partial charge in [0.05, 0.1) is 28.9 Å². The van der Waals surface area contributed by atoms with Gasteiger partial charge in [0, 0.05) is 20.6 Å². The molecule has 1 aromatic heterocycles. The highest BCUT2D eigenvalue weighted by Gasteiger charge is 2.34. The molecule has 1 aliphatic heterocycles. The zero-order valence-corrected chi connectivity index (χ0v) is 15.8. The number of rotatable bonds is 5. The fourth-order valence-corrected chi connectivity index (χ4v) is 4.34. The summed E-state index contributed by atoms with van der Waals surface area (Å²) in [6.45, 7) is 0.466. The molecule has 1 fully saturated rings. The van der Waals surface area contributed by atoms with E-state index in [0.29, 0.717) is 24.7 Å². The maximum absolute atomic E-state index is 13.3. The molecule has 0 spiro atoms. The van der Waals surface area contributed by atoms with Gasteiger partial charge in [-0.25, -0.2) is 12.8 Å². The van der Waals surface area contributed by atoms with Crippen molar-refractivity contribution in [1.82, 2.24) is 14.3 Å². The van der Waals surface area contributed by atoms with Crippen molar-refractivity contribution in [2.45, 2.75) is 17.4 Å². The molecular formula is C16H18ClFN4O3S. The monoisotopic (exact) mass is 400 g/mol. The number of halogens is 2. The van der Waals surface area contributed by atoms with Gasteiger partial charge in [0.1, 0.15) is 11.9 Å². The van der Waals surface area contributed by atoms with Gasteiger partial charge < -0.3 is 9.64 Å². The van der Waals surface area contributed by atoms with E-state index in [9.17, 15) is 12.8 Å². The smallest absolute Gasteiger partial charge is 0.243 e. The molecule has 2 heterocycles. The van der Waals surface area contributed by atoms with Crippen LogP contribution in [0.4, 0.5) is 10.2 Å². The lowest BCUT2D eigenvalue weighted by Crippen LogP contribution is -2.31. The van der Waals surface area contributed by atoms with E-state index in [1.165, 1.54) is 16.6 Å². The lowest BCUT2D eigenvalue weighted by molar-refractivity contribution is 0.206. The van der Waals surface area contributed by atoms with Crippen LogP contribution < -0.4 is 9.64 Å². The molecule has 1 saturated heterocycles. The van der Waals surface area contributed by atoms with Crippen molar-refractivity contribution in [3.8, 4) is 5.88 Å². The summed E-state index contributed by atoms with van der Waals surface area (Å²) in [6, 6.07) is 3.37. The van der Waals surface area contributed by atoms with Crippen LogP contribution in [0.5, 0.6) is 5.88 Å². The molecular weight excluding hydrogens is 383 g/mol. The van der Waals surface area contributed by atoms with Gasteiger partial charge in [0.15, 0.2) is 5.82 Å². The zero-order valence-electron chi connectivity index (χ0n) is 14.3. The van der Waals surface area contributed by atoms with E-state index < -0.39 is 15.8 Å². The molecule has 0 radical (unpaired) electrons. The summed E-state index contributed by atoms with van der Waals surface area (Å²) in [5.74, 6) is 0.323. The first-order valence-electron chi connectivity index (χ1n) is 7.88. The number of aromatic nitrogens is 2. The minimum atomic E-state index is -3.77. The van der Waals surface area contributed by atoms with Gasteiger partial charge in [0.2, 0.25) is 15.9 Å². The summed E-state index contributed by atoms with van der Waals surface area (Å²) < 4.78 is 45.7. The van der Waals surface area contributed by atoms with E-state index in [1.807, 2.05) is 14.1 Å². The molecule has 0 amide bonds. The van der Waals surface area contributed by atoms with Crippen molar-refractivity contribution in [1.29, 1.82) is 0 Å². The minimum Gasteiger partial charge on any atom is -0.472 e. The molecule has 10 heteroatoms. The Morgan fingerprint density at radius 3 is 2.81 bits per heavy atom. The van der Waals surface area contributed by atoms with E-state index in [2.05, 4.69) is 9.97 Å². The maximum Gasteiger partial charge on any atom is 0.243 e. The van der Waals surface area contributed by atoms with E-state index in [1.54, 1.807) is 11.1 Å². The summed E-state index contributed by atoms with van der Waals surface area (Å²) >= 11 is 5.70. The van der Waals surface area contributed by atoms with Gasteiger partial charge in [-0.1, -0.05) is 11.6 Å². The van der Waals surface area contributed by atoms with E-state index in [4.69, 9.17) is 16.3 Å². The Hall–Kier alpha value is -1.97. The summed E-state index contributed by atoms with van der Waals surface area (Å²) in [7, 11) is -0.0892. The molecule has 1 aliphatic rings. The summed E-state index contributed by atoms with van der Waals surface area (Å²) in [6.07, 6.45) is 3.27. The Morgan fingerprint density at radius 1 is 1.35 bits per heavy atom. The van der Waals surface area contributed by atoms with E-state index >= 15 is 0 Å². The molecule has 1 atom stereocenters. The molecule has 0 aliphatic carbocycles. The van der Waals surface area contributed by atoms with Crippen LogP contribution in [0.1, 0.15) is 6.42 Å². The molecule has 0 saturated carbocycles. The van der Waals surface area contributed by atoms with Crippen molar-refractivity contribution < 1.29 is 17.5 Å². The van der Waals surface area contributed by atoms with Crippen molar-refractivity contribution in [3.05, 3.63) is 41.4 Å². The van der Waals surface area contributed by atoms with Gasteiger partial charge in [-0.15, -0.1) is 0 Å². The van der Waals surface area contributed by atoms with E-state index in [0.717, 1.165) is 12.1 Å². The topological polar surface area (TPSA) is 75.6 Å². The maximum atomic E-state index is 13.3. The van der Waals surface area contributed by atoms with Crippen LogP contribution in [0.2, 0.25) is 5.02 Å². The number of hydrogen-bond acceptors (Lipinski definition) is 6. The van der Waals surface area contributed by atoms with Crippen LogP contribution >= 0.6 is 11.6 Å². The first-order valence-corrected chi connectivity index (χ1v) is 9.70. The predicted molar refractivity (Wildman–Crippen MR) is 95.6 cm³/mol. The number of hydrogen-bond donors (Lipinski definition) is 0. The molecule has 3 rings (SSSR count). The second kappa shape index (κ2) is 7.34. The molecule has 26 heavy (non-hydrogen) atoms. The standard InChI is InChI=1S/C16H18ClFN4O3S/c1-21(2)15-8-19-9-16(20-15)25-11-5-6-22(10-11)26(23,24)12-3-4-14(18)13(17)7-12/h3-4,7-9,11H,5-6,10H2,1-2H3. The highest BCUT2D eigenvalue weighted by molar-refractivity contribution is 7.89. The van der Waals surface area contributed by atoms with Crippen LogP contribution in [0.25, 0.3) is 0 Å². The molecule has 140 valence electrons. The third kappa shape index (κ3) is 3.89. The summed E-state index contributed by atoms with van der Waals surface area (Å²) in [4.78, 5) is 10.1. The van der Waals surface area contributed by atoms with Crippen molar-refractivity contribution in [2.24, 2.45) is 0 Å². The molecule has 0 bridgehead atoms. The first-order chi connectivity index (χ1) is 12.3. The average Bonchev–Trinajstić information content (AvgIpc) is 3.06.